The molecular formula is C22H18Cl2INO5S. The summed E-state index contributed by atoms with van der Waals surface area (Å²) in [6.07, 6.45) is 1.29. The maximum Gasteiger partial charge on any atom is 0.326 e. The van der Waals surface area contributed by atoms with E-state index in [1.807, 2.05) is 6.07 Å². The van der Waals surface area contributed by atoms with Crippen LogP contribution in [-0.2, 0) is 20.9 Å². The number of thioether (sulfide) groups is 1. The minimum Gasteiger partial charge on any atom is -0.488 e. The zero-order valence-electron chi connectivity index (χ0n) is 17.1. The van der Waals surface area contributed by atoms with Gasteiger partial charge in [-0.2, -0.15) is 0 Å². The Morgan fingerprint density at radius 1 is 1.19 bits per heavy atom. The molecule has 0 spiro atoms. The lowest BCUT2D eigenvalue weighted by molar-refractivity contribution is -0.149. The normalized spacial score (nSPS) is 15.1. The van der Waals surface area contributed by atoms with Gasteiger partial charge in [-0.05, 0) is 84.1 Å². The first-order valence-electron chi connectivity index (χ1n) is 9.45. The number of nitrogens with zero attached hydrogens (tertiary/aromatic N) is 1. The molecule has 2 amide bonds. The van der Waals surface area contributed by atoms with Crippen LogP contribution < -0.4 is 4.74 Å². The van der Waals surface area contributed by atoms with Crippen LogP contribution in [0.1, 0.15) is 25.0 Å². The van der Waals surface area contributed by atoms with Gasteiger partial charge in [-0.3, -0.25) is 19.3 Å². The largest absolute Gasteiger partial charge is 0.488 e. The first-order chi connectivity index (χ1) is 15.1. The Bertz CT molecular complexity index is 1110. The highest BCUT2D eigenvalue weighted by atomic mass is 127. The molecule has 0 atom stereocenters. The summed E-state index contributed by atoms with van der Waals surface area (Å²) in [5.41, 5.74) is 1.53. The monoisotopic (exact) mass is 605 g/mol. The minimum absolute atomic E-state index is 0.241. The van der Waals surface area contributed by atoms with E-state index in [4.69, 9.17) is 32.7 Å². The van der Waals surface area contributed by atoms with E-state index in [0.717, 1.165) is 31.4 Å². The smallest absolute Gasteiger partial charge is 0.326 e. The van der Waals surface area contributed by atoms with Crippen LogP contribution >= 0.6 is 57.6 Å². The summed E-state index contributed by atoms with van der Waals surface area (Å²) in [6, 6.07) is 10.6. The van der Waals surface area contributed by atoms with Crippen molar-refractivity contribution >= 4 is 80.7 Å². The summed E-state index contributed by atoms with van der Waals surface area (Å²) < 4.78 is 11.7. The zero-order valence-corrected chi connectivity index (χ0v) is 21.5. The summed E-state index contributed by atoms with van der Waals surface area (Å²) in [6.45, 7) is 3.27. The van der Waals surface area contributed by atoms with Gasteiger partial charge in [0.05, 0.1) is 14.6 Å². The Morgan fingerprint density at radius 3 is 2.59 bits per heavy atom. The lowest BCUT2D eigenvalue weighted by Crippen LogP contribution is -2.35. The number of benzene rings is 2. The number of carbonyl (C=O) groups excluding carboxylic acids is 3. The standard InChI is InChI=1S/C22H18Cl2INO5S/c1-12(2)31-20(27)10-26-21(28)19(32-22(26)29)8-13-3-6-18(17(25)7-13)30-11-14-4-5-15(23)9-16(14)24/h3-9,12H,10-11H2,1-2H3/b19-8+. The molecule has 1 saturated heterocycles. The van der Waals surface area contributed by atoms with Crippen molar-refractivity contribution in [1.82, 2.24) is 4.90 Å². The van der Waals surface area contributed by atoms with E-state index in [2.05, 4.69) is 22.6 Å². The average molecular weight is 606 g/mol. The predicted octanol–water partition coefficient (Wildman–Crippen LogP) is 6.16. The van der Waals surface area contributed by atoms with Crippen molar-refractivity contribution in [2.45, 2.75) is 26.6 Å². The van der Waals surface area contributed by atoms with Crippen molar-refractivity contribution in [1.29, 1.82) is 0 Å². The molecule has 0 bridgehead atoms. The second-order valence-corrected chi connectivity index (χ2v) is 10.0. The summed E-state index contributed by atoms with van der Waals surface area (Å²) in [5, 5.41) is 0.576. The lowest BCUT2D eigenvalue weighted by atomic mass is 10.2. The quantitative estimate of drug-likeness (QED) is 0.214. The van der Waals surface area contributed by atoms with Gasteiger partial charge in [0.15, 0.2) is 0 Å². The van der Waals surface area contributed by atoms with Crippen LogP contribution in [0.15, 0.2) is 41.3 Å². The number of imide groups is 1. The van der Waals surface area contributed by atoms with Crippen LogP contribution in [0.3, 0.4) is 0 Å². The highest BCUT2D eigenvalue weighted by molar-refractivity contribution is 14.1. The number of carbonyl (C=O) groups is 3. The molecule has 1 aliphatic heterocycles. The van der Waals surface area contributed by atoms with Crippen LogP contribution in [-0.4, -0.2) is 34.7 Å². The Balaban J connectivity index is 1.68. The number of amides is 2. The molecule has 0 aromatic heterocycles. The fourth-order valence-corrected chi connectivity index (χ4v) is 4.73. The van der Waals surface area contributed by atoms with Crippen LogP contribution in [0.2, 0.25) is 10.0 Å². The topological polar surface area (TPSA) is 72.9 Å². The number of hydrogen-bond acceptors (Lipinski definition) is 6. The van der Waals surface area contributed by atoms with Crippen molar-refractivity contribution in [3.63, 3.8) is 0 Å². The molecule has 0 saturated carbocycles. The van der Waals surface area contributed by atoms with Crippen molar-refractivity contribution in [3.8, 4) is 5.75 Å². The van der Waals surface area contributed by atoms with Gasteiger partial charge in [-0.1, -0.05) is 35.3 Å². The van der Waals surface area contributed by atoms with Crippen molar-refractivity contribution in [3.05, 3.63) is 66.0 Å². The molecule has 1 fully saturated rings. The van der Waals surface area contributed by atoms with Crippen molar-refractivity contribution in [2.24, 2.45) is 0 Å². The third-order valence-corrected chi connectivity index (χ3v) is 6.52. The average Bonchev–Trinajstić information content (AvgIpc) is 2.95. The highest BCUT2D eigenvalue weighted by Gasteiger charge is 2.36. The molecule has 168 valence electrons. The zero-order chi connectivity index (χ0) is 23.4. The molecule has 0 radical (unpaired) electrons. The van der Waals surface area contributed by atoms with E-state index in [0.29, 0.717) is 15.8 Å². The first-order valence-corrected chi connectivity index (χ1v) is 12.1. The van der Waals surface area contributed by atoms with E-state index in [-0.39, 0.29) is 17.6 Å². The van der Waals surface area contributed by atoms with Gasteiger partial charge in [0.25, 0.3) is 11.1 Å². The van der Waals surface area contributed by atoms with Crippen LogP contribution in [0.5, 0.6) is 5.75 Å². The highest BCUT2D eigenvalue weighted by Crippen LogP contribution is 2.33. The number of hydrogen-bond donors (Lipinski definition) is 0. The van der Waals surface area contributed by atoms with Crippen molar-refractivity contribution in [2.75, 3.05) is 6.54 Å². The summed E-state index contributed by atoms with van der Waals surface area (Å²) in [4.78, 5) is 37.7. The second kappa shape index (κ2) is 10.9. The van der Waals surface area contributed by atoms with Gasteiger partial charge in [-0.25, -0.2) is 0 Å². The Labute approximate surface area is 213 Å². The molecule has 2 aromatic rings. The summed E-state index contributed by atoms with van der Waals surface area (Å²) >= 11 is 15.0. The van der Waals surface area contributed by atoms with Gasteiger partial charge in [0.2, 0.25) is 0 Å². The van der Waals surface area contributed by atoms with E-state index in [1.165, 1.54) is 0 Å². The van der Waals surface area contributed by atoms with Crippen LogP contribution in [0.4, 0.5) is 4.79 Å². The Hall–Kier alpha value is -1.75. The Kier molecular flexibility index (Phi) is 8.49. The Morgan fingerprint density at radius 2 is 1.94 bits per heavy atom. The van der Waals surface area contributed by atoms with Crippen LogP contribution in [0.25, 0.3) is 6.08 Å². The third kappa shape index (κ3) is 6.40. The third-order valence-electron chi connectivity index (χ3n) is 4.18. The SMILES string of the molecule is CC(C)OC(=O)CN1C(=O)S/C(=C/c2ccc(OCc3ccc(Cl)cc3Cl)c(I)c2)C1=O. The van der Waals surface area contributed by atoms with E-state index >= 15 is 0 Å². The second-order valence-electron chi connectivity index (χ2n) is 7.02. The number of rotatable bonds is 7. The van der Waals surface area contributed by atoms with Gasteiger partial charge in [0, 0.05) is 15.6 Å². The fourth-order valence-electron chi connectivity index (χ4n) is 2.74. The van der Waals surface area contributed by atoms with Gasteiger partial charge in [-0.15, -0.1) is 0 Å². The van der Waals surface area contributed by atoms with Gasteiger partial charge in [0.1, 0.15) is 18.9 Å². The lowest BCUT2D eigenvalue weighted by Gasteiger charge is -2.13. The fraction of sp³-hybridized carbons (Fsp3) is 0.227. The predicted molar refractivity (Wildman–Crippen MR) is 134 cm³/mol. The summed E-state index contributed by atoms with van der Waals surface area (Å²) in [5.74, 6) is -0.493. The maximum atomic E-state index is 12.6. The minimum atomic E-state index is -0.625. The molecule has 0 N–H and O–H groups in total. The molecule has 1 heterocycles. The summed E-state index contributed by atoms with van der Waals surface area (Å²) in [7, 11) is 0. The maximum absolute atomic E-state index is 12.6. The molecular weight excluding hydrogens is 588 g/mol. The van der Waals surface area contributed by atoms with E-state index in [1.54, 1.807) is 50.3 Å². The van der Waals surface area contributed by atoms with Crippen molar-refractivity contribution < 1.29 is 23.9 Å². The first kappa shape index (κ1) is 24.9. The molecule has 3 rings (SSSR count). The van der Waals surface area contributed by atoms with E-state index in [9.17, 15) is 14.4 Å². The number of esters is 1. The van der Waals surface area contributed by atoms with Gasteiger partial charge >= 0.3 is 5.97 Å². The molecule has 1 aliphatic rings. The molecule has 32 heavy (non-hydrogen) atoms. The van der Waals surface area contributed by atoms with E-state index < -0.39 is 23.7 Å². The number of ether oxygens (including phenoxy) is 2. The molecule has 10 heteroatoms. The number of halogens is 3. The molecule has 0 aliphatic carbocycles. The molecule has 2 aromatic carbocycles. The van der Waals surface area contributed by atoms with Gasteiger partial charge < -0.3 is 9.47 Å². The van der Waals surface area contributed by atoms with Crippen LogP contribution in [0, 0.1) is 3.57 Å². The molecule has 0 unspecified atom stereocenters. The molecule has 6 nitrogen and oxygen atoms in total.